The van der Waals surface area contributed by atoms with Crippen molar-refractivity contribution < 1.29 is 32.2 Å². The minimum Gasteiger partial charge on any atom is -0.484 e. The van der Waals surface area contributed by atoms with Crippen LogP contribution in [0, 0.1) is 6.92 Å². The first kappa shape index (κ1) is 28.7. The number of aromatic nitrogens is 3. The second-order valence-corrected chi connectivity index (χ2v) is 10.3. The number of imidazole rings is 1. The molecule has 1 saturated carbocycles. The number of fused-ring (bicyclic) bond motifs is 1. The standard InChI is InChI=1S/C27H31F3N4O4S/c1-18-22(31-13-12-24(18)38-17-27(28,29)30)16-39-25-32-21-10-6-7-11-23(21)34(25)26(36)33(14-15-37-19(2)35)20-8-4-3-5-9-20/h6-7,10-13,20H,3-5,8-9,14-17H2,1-2H3. The molecule has 0 unspecified atom stereocenters. The second-order valence-electron chi connectivity index (χ2n) is 9.40. The van der Waals surface area contributed by atoms with Crippen molar-refractivity contribution in [3.63, 3.8) is 0 Å². The predicted octanol–water partition coefficient (Wildman–Crippen LogP) is 6.14. The fourth-order valence-corrected chi connectivity index (χ4v) is 5.71. The summed E-state index contributed by atoms with van der Waals surface area (Å²) in [6, 6.07) is 8.49. The predicted molar refractivity (Wildman–Crippen MR) is 141 cm³/mol. The molecule has 39 heavy (non-hydrogen) atoms. The molecule has 0 atom stereocenters. The Balaban J connectivity index is 1.61. The number of pyridine rings is 1. The van der Waals surface area contributed by atoms with Crippen LogP contribution in [0.25, 0.3) is 11.0 Å². The third-order valence-electron chi connectivity index (χ3n) is 6.61. The molecule has 2 heterocycles. The third-order valence-corrected chi connectivity index (χ3v) is 7.56. The molecule has 0 spiro atoms. The highest BCUT2D eigenvalue weighted by molar-refractivity contribution is 7.98. The molecule has 0 saturated heterocycles. The Hall–Kier alpha value is -3.28. The minimum absolute atomic E-state index is 0.0206. The van der Waals surface area contributed by atoms with Gasteiger partial charge in [-0.2, -0.15) is 13.2 Å². The van der Waals surface area contributed by atoms with Crippen molar-refractivity contribution in [2.24, 2.45) is 0 Å². The van der Waals surface area contributed by atoms with Gasteiger partial charge in [-0.15, -0.1) is 0 Å². The van der Waals surface area contributed by atoms with Crippen molar-refractivity contribution in [1.82, 2.24) is 19.4 Å². The van der Waals surface area contributed by atoms with Gasteiger partial charge in [-0.25, -0.2) is 14.3 Å². The van der Waals surface area contributed by atoms with Gasteiger partial charge < -0.3 is 14.4 Å². The van der Waals surface area contributed by atoms with E-state index >= 15 is 0 Å². The quantitative estimate of drug-likeness (QED) is 0.228. The number of carbonyl (C=O) groups excluding carboxylic acids is 2. The SMILES string of the molecule is CC(=O)OCCN(C(=O)n1c(SCc2nccc(OCC(F)(F)F)c2C)nc2ccccc21)C1CCCCC1. The molecule has 8 nitrogen and oxygen atoms in total. The summed E-state index contributed by atoms with van der Waals surface area (Å²) in [6.07, 6.45) is 1.86. The number of para-hydroxylation sites is 2. The minimum atomic E-state index is -4.45. The molecule has 0 N–H and O–H groups in total. The summed E-state index contributed by atoms with van der Waals surface area (Å²) in [5, 5.41) is 0.442. The van der Waals surface area contributed by atoms with Crippen molar-refractivity contribution in [2.75, 3.05) is 19.8 Å². The van der Waals surface area contributed by atoms with Crippen LogP contribution in [-0.2, 0) is 15.3 Å². The Kier molecular flexibility index (Phi) is 9.36. The molecular formula is C27H31F3N4O4S. The molecule has 1 aromatic carbocycles. The van der Waals surface area contributed by atoms with E-state index in [1.54, 1.807) is 16.4 Å². The van der Waals surface area contributed by atoms with Crippen LogP contribution < -0.4 is 4.74 Å². The number of benzene rings is 1. The van der Waals surface area contributed by atoms with Crippen LogP contribution in [0.3, 0.4) is 0 Å². The van der Waals surface area contributed by atoms with Gasteiger partial charge in [0, 0.05) is 30.5 Å². The number of hydrogen-bond acceptors (Lipinski definition) is 7. The van der Waals surface area contributed by atoms with Crippen molar-refractivity contribution in [2.45, 2.75) is 69.1 Å². The van der Waals surface area contributed by atoms with Crippen molar-refractivity contribution in [3.8, 4) is 5.75 Å². The molecule has 2 aromatic heterocycles. The van der Waals surface area contributed by atoms with E-state index in [2.05, 4.69) is 4.98 Å². The summed E-state index contributed by atoms with van der Waals surface area (Å²) in [5.74, 6) is -0.0289. The summed E-state index contributed by atoms with van der Waals surface area (Å²) in [4.78, 5) is 36.2. The van der Waals surface area contributed by atoms with Crippen molar-refractivity contribution >= 4 is 34.8 Å². The molecule has 1 aliphatic carbocycles. The van der Waals surface area contributed by atoms with E-state index < -0.39 is 18.8 Å². The lowest BCUT2D eigenvalue weighted by Crippen LogP contribution is -2.45. The number of hydrogen-bond donors (Lipinski definition) is 0. The number of nitrogens with zero attached hydrogens (tertiary/aromatic N) is 4. The Morgan fingerprint density at radius 2 is 1.90 bits per heavy atom. The fraction of sp³-hybridized carbons (Fsp3) is 0.481. The van der Waals surface area contributed by atoms with Crippen LogP contribution >= 0.6 is 11.8 Å². The lowest BCUT2D eigenvalue weighted by Gasteiger charge is -2.34. The van der Waals surface area contributed by atoms with E-state index in [1.807, 2.05) is 24.3 Å². The van der Waals surface area contributed by atoms with Gasteiger partial charge in [-0.05, 0) is 38.0 Å². The Morgan fingerprint density at radius 3 is 2.62 bits per heavy atom. The van der Waals surface area contributed by atoms with Crippen LogP contribution in [0.2, 0.25) is 0 Å². The summed E-state index contributed by atoms with van der Waals surface area (Å²) < 4.78 is 49.7. The summed E-state index contributed by atoms with van der Waals surface area (Å²) in [5.41, 5.74) is 2.31. The molecule has 12 heteroatoms. The van der Waals surface area contributed by atoms with Crippen molar-refractivity contribution in [3.05, 3.63) is 47.8 Å². The largest absolute Gasteiger partial charge is 0.484 e. The molecular weight excluding hydrogens is 533 g/mol. The first-order valence-electron chi connectivity index (χ1n) is 12.8. The smallest absolute Gasteiger partial charge is 0.422 e. The molecule has 1 fully saturated rings. The Morgan fingerprint density at radius 1 is 1.15 bits per heavy atom. The van der Waals surface area contributed by atoms with Gasteiger partial charge in [0.2, 0.25) is 0 Å². The zero-order valence-corrected chi connectivity index (χ0v) is 22.7. The lowest BCUT2D eigenvalue weighted by atomic mass is 9.94. The molecule has 1 aliphatic rings. The normalized spacial score (nSPS) is 14.4. The summed E-state index contributed by atoms with van der Waals surface area (Å²) in [6.45, 7) is 1.96. The summed E-state index contributed by atoms with van der Waals surface area (Å²) >= 11 is 1.27. The average Bonchev–Trinajstić information content (AvgIpc) is 3.28. The maximum absolute atomic E-state index is 14.1. The number of thioether (sulfide) groups is 1. The van der Waals surface area contributed by atoms with E-state index in [0.717, 1.165) is 32.1 Å². The third kappa shape index (κ3) is 7.43. The fourth-order valence-electron chi connectivity index (χ4n) is 4.68. The van der Waals surface area contributed by atoms with E-state index in [1.165, 1.54) is 30.9 Å². The highest BCUT2D eigenvalue weighted by atomic mass is 32.2. The molecule has 210 valence electrons. The topological polar surface area (TPSA) is 86.6 Å². The number of amides is 1. The zero-order chi connectivity index (χ0) is 28.0. The number of alkyl halides is 3. The van der Waals surface area contributed by atoms with E-state index in [4.69, 9.17) is 14.5 Å². The van der Waals surface area contributed by atoms with Gasteiger partial charge in [0.25, 0.3) is 0 Å². The number of rotatable bonds is 9. The molecule has 0 bridgehead atoms. The molecule has 0 aliphatic heterocycles. The van der Waals surface area contributed by atoms with E-state index in [0.29, 0.717) is 27.4 Å². The van der Waals surface area contributed by atoms with Crippen LogP contribution in [0.4, 0.5) is 18.0 Å². The van der Waals surface area contributed by atoms with Crippen LogP contribution in [0.15, 0.2) is 41.7 Å². The summed E-state index contributed by atoms with van der Waals surface area (Å²) in [7, 11) is 0. The lowest BCUT2D eigenvalue weighted by molar-refractivity contribution is -0.153. The number of carbonyl (C=O) groups is 2. The van der Waals surface area contributed by atoms with Gasteiger partial charge in [-0.1, -0.05) is 43.2 Å². The van der Waals surface area contributed by atoms with Gasteiger partial charge in [-0.3, -0.25) is 9.78 Å². The van der Waals surface area contributed by atoms with Gasteiger partial charge in [0.15, 0.2) is 11.8 Å². The first-order valence-corrected chi connectivity index (χ1v) is 13.8. The average molecular weight is 565 g/mol. The van der Waals surface area contributed by atoms with E-state index in [-0.39, 0.29) is 36.7 Å². The van der Waals surface area contributed by atoms with Crippen LogP contribution in [0.1, 0.15) is 50.3 Å². The first-order chi connectivity index (χ1) is 18.6. The van der Waals surface area contributed by atoms with Crippen molar-refractivity contribution in [1.29, 1.82) is 0 Å². The molecule has 4 rings (SSSR count). The maximum Gasteiger partial charge on any atom is 0.422 e. The number of ether oxygens (including phenoxy) is 2. The second kappa shape index (κ2) is 12.7. The van der Waals surface area contributed by atoms with E-state index in [9.17, 15) is 22.8 Å². The molecule has 0 radical (unpaired) electrons. The highest BCUT2D eigenvalue weighted by Crippen LogP contribution is 2.31. The maximum atomic E-state index is 14.1. The zero-order valence-electron chi connectivity index (χ0n) is 21.9. The Labute approximate surface area is 228 Å². The van der Waals surface area contributed by atoms with Gasteiger partial charge >= 0.3 is 18.2 Å². The highest BCUT2D eigenvalue weighted by Gasteiger charge is 2.30. The molecule has 1 amide bonds. The van der Waals surface area contributed by atoms with Gasteiger partial charge in [0.05, 0.1) is 23.3 Å². The molecule has 3 aromatic rings. The van der Waals surface area contributed by atoms with Crippen LogP contribution in [0.5, 0.6) is 5.75 Å². The van der Waals surface area contributed by atoms with Crippen LogP contribution in [-0.4, -0.2) is 63.4 Å². The Bertz CT molecular complexity index is 1310. The van der Waals surface area contributed by atoms with Gasteiger partial charge in [0.1, 0.15) is 12.4 Å². The number of esters is 1. The number of halogens is 3. The monoisotopic (exact) mass is 564 g/mol.